The zero-order chi connectivity index (χ0) is 23.0. The summed E-state index contributed by atoms with van der Waals surface area (Å²) in [6.45, 7) is 0.907. The van der Waals surface area contributed by atoms with Gasteiger partial charge in [0, 0.05) is 26.3 Å². The molecule has 1 heterocycles. The summed E-state index contributed by atoms with van der Waals surface area (Å²) in [5.74, 6) is 0.884. The predicted octanol–water partition coefficient (Wildman–Crippen LogP) is 4.54. The first kappa shape index (κ1) is 23.0. The number of carbonyl (C=O) groups excluding carboxylic acids is 1. The molecule has 0 saturated heterocycles. The van der Waals surface area contributed by atoms with Gasteiger partial charge in [-0.05, 0) is 55.5 Å². The van der Waals surface area contributed by atoms with E-state index in [0.29, 0.717) is 19.2 Å². The molecule has 1 fully saturated rings. The van der Waals surface area contributed by atoms with Crippen LogP contribution >= 0.6 is 0 Å². The molecular formula is C26H32N4O3. The zero-order valence-electron chi connectivity index (χ0n) is 19.4. The molecule has 7 nitrogen and oxygen atoms in total. The molecule has 4 rings (SSSR count). The van der Waals surface area contributed by atoms with Crippen LogP contribution in [-0.2, 0) is 23.1 Å². The van der Waals surface area contributed by atoms with Crippen molar-refractivity contribution in [2.75, 3.05) is 13.7 Å². The average Bonchev–Trinajstić information content (AvgIpc) is 3.24. The number of rotatable bonds is 10. The number of aryl methyl sites for hydroxylation is 1. The van der Waals surface area contributed by atoms with Crippen LogP contribution in [0.2, 0.25) is 0 Å². The molecule has 1 atom stereocenters. The first-order valence-corrected chi connectivity index (χ1v) is 11.6. The van der Waals surface area contributed by atoms with Crippen LogP contribution in [0.5, 0.6) is 5.75 Å². The summed E-state index contributed by atoms with van der Waals surface area (Å²) in [4.78, 5) is 13.5. The van der Waals surface area contributed by atoms with Gasteiger partial charge in [-0.3, -0.25) is 4.79 Å². The lowest BCUT2D eigenvalue weighted by Crippen LogP contribution is -2.29. The highest BCUT2D eigenvalue weighted by atomic mass is 16.5. The number of methoxy groups -OCH3 is 1. The van der Waals surface area contributed by atoms with Gasteiger partial charge in [0.05, 0.1) is 18.3 Å². The van der Waals surface area contributed by atoms with Crippen LogP contribution in [0, 0.1) is 0 Å². The molecule has 1 aliphatic rings. The van der Waals surface area contributed by atoms with Gasteiger partial charge in [0.15, 0.2) is 0 Å². The molecule has 0 N–H and O–H groups in total. The maximum absolute atomic E-state index is 11.8. The SMILES string of the molecule is COC(CN(C=O)Cc1ccccc1)c1c(-c2ccc(OC3CCCCC3)cc2)nnn1C. The Morgan fingerprint density at radius 3 is 2.48 bits per heavy atom. The van der Waals surface area contributed by atoms with Crippen molar-refractivity contribution >= 4 is 6.41 Å². The summed E-state index contributed by atoms with van der Waals surface area (Å²) in [5, 5.41) is 8.65. The summed E-state index contributed by atoms with van der Waals surface area (Å²) < 4.78 is 13.7. The van der Waals surface area contributed by atoms with Crippen molar-refractivity contribution in [1.82, 2.24) is 19.9 Å². The van der Waals surface area contributed by atoms with Gasteiger partial charge >= 0.3 is 0 Å². The van der Waals surface area contributed by atoms with Gasteiger partial charge in [-0.1, -0.05) is 42.0 Å². The van der Waals surface area contributed by atoms with E-state index in [4.69, 9.17) is 9.47 Å². The fourth-order valence-electron chi connectivity index (χ4n) is 4.45. The van der Waals surface area contributed by atoms with E-state index in [1.54, 1.807) is 16.7 Å². The molecule has 174 valence electrons. The van der Waals surface area contributed by atoms with Gasteiger partial charge in [0.1, 0.15) is 17.5 Å². The second kappa shape index (κ2) is 11.1. The van der Waals surface area contributed by atoms with Crippen LogP contribution in [-0.4, -0.2) is 46.1 Å². The van der Waals surface area contributed by atoms with E-state index in [-0.39, 0.29) is 6.10 Å². The summed E-state index contributed by atoms with van der Waals surface area (Å²) in [5.41, 5.74) is 3.59. The molecule has 0 radical (unpaired) electrons. The standard InChI is InChI=1S/C26H32N4O3/c1-29-26(24(32-2)18-30(19-31)17-20-9-5-3-6-10-20)25(27-28-29)21-13-15-23(16-14-21)33-22-11-7-4-8-12-22/h3,5-6,9-10,13-16,19,22,24H,4,7-8,11-12,17-18H2,1-2H3. The molecule has 1 amide bonds. The third kappa shape index (κ3) is 5.79. The fraction of sp³-hybridized carbons (Fsp3) is 0.423. The number of hydrogen-bond donors (Lipinski definition) is 0. The minimum Gasteiger partial charge on any atom is -0.490 e. The third-order valence-electron chi connectivity index (χ3n) is 6.22. The number of hydrogen-bond acceptors (Lipinski definition) is 5. The topological polar surface area (TPSA) is 69.5 Å². The Morgan fingerprint density at radius 1 is 1.09 bits per heavy atom. The van der Waals surface area contributed by atoms with Crippen molar-refractivity contribution in [2.45, 2.75) is 50.9 Å². The summed E-state index contributed by atoms with van der Waals surface area (Å²) in [6, 6.07) is 17.9. The Labute approximate surface area is 195 Å². The van der Waals surface area contributed by atoms with Crippen molar-refractivity contribution in [3.05, 3.63) is 65.9 Å². The third-order valence-corrected chi connectivity index (χ3v) is 6.22. The summed E-state index contributed by atoms with van der Waals surface area (Å²) in [7, 11) is 3.49. The number of amides is 1. The lowest BCUT2D eigenvalue weighted by atomic mass is 9.98. The Bertz CT molecular complexity index is 1010. The van der Waals surface area contributed by atoms with E-state index in [1.807, 2.05) is 61.6 Å². The van der Waals surface area contributed by atoms with Crippen molar-refractivity contribution in [3.8, 4) is 17.0 Å². The van der Waals surface area contributed by atoms with E-state index >= 15 is 0 Å². The van der Waals surface area contributed by atoms with Crippen molar-refractivity contribution < 1.29 is 14.3 Å². The number of aromatic nitrogens is 3. The number of benzene rings is 2. The quantitative estimate of drug-likeness (QED) is 0.426. The molecule has 7 heteroatoms. The van der Waals surface area contributed by atoms with Crippen LogP contribution in [0.1, 0.15) is 49.5 Å². The molecule has 3 aromatic rings. The molecule has 0 spiro atoms. The average molecular weight is 449 g/mol. The van der Waals surface area contributed by atoms with Gasteiger partial charge in [-0.2, -0.15) is 0 Å². The normalized spacial score (nSPS) is 15.2. The van der Waals surface area contributed by atoms with Gasteiger partial charge in [-0.25, -0.2) is 4.68 Å². The van der Waals surface area contributed by atoms with Crippen LogP contribution in [0.25, 0.3) is 11.3 Å². The minimum absolute atomic E-state index is 0.313. The molecule has 2 aromatic carbocycles. The minimum atomic E-state index is -0.368. The predicted molar refractivity (Wildman–Crippen MR) is 127 cm³/mol. The maximum Gasteiger partial charge on any atom is 0.210 e. The first-order valence-electron chi connectivity index (χ1n) is 11.6. The molecule has 1 aromatic heterocycles. The Balaban J connectivity index is 1.50. The highest BCUT2D eigenvalue weighted by Crippen LogP contribution is 2.30. The van der Waals surface area contributed by atoms with Gasteiger partial charge in [0.25, 0.3) is 0 Å². The van der Waals surface area contributed by atoms with E-state index in [2.05, 4.69) is 10.3 Å². The van der Waals surface area contributed by atoms with Gasteiger partial charge in [0.2, 0.25) is 6.41 Å². The number of carbonyl (C=O) groups is 1. The Morgan fingerprint density at radius 2 is 1.82 bits per heavy atom. The van der Waals surface area contributed by atoms with Gasteiger partial charge < -0.3 is 14.4 Å². The Hall–Kier alpha value is -3.19. The maximum atomic E-state index is 11.8. The van der Waals surface area contributed by atoms with E-state index < -0.39 is 0 Å². The molecule has 0 bridgehead atoms. The van der Waals surface area contributed by atoms with Gasteiger partial charge in [-0.15, -0.1) is 5.10 Å². The zero-order valence-corrected chi connectivity index (χ0v) is 19.4. The van der Waals surface area contributed by atoms with Crippen molar-refractivity contribution in [2.24, 2.45) is 7.05 Å². The van der Waals surface area contributed by atoms with E-state index in [0.717, 1.165) is 47.5 Å². The second-order valence-corrected chi connectivity index (χ2v) is 8.59. The largest absolute Gasteiger partial charge is 0.490 e. The van der Waals surface area contributed by atoms with Crippen molar-refractivity contribution in [1.29, 1.82) is 0 Å². The molecule has 1 saturated carbocycles. The molecule has 1 unspecified atom stereocenters. The Kier molecular flexibility index (Phi) is 7.73. The highest BCUT2D eigenvalue weighted by Gasteiger charge is 2.24. The molecule has 33 heavy (non-hydrogen) atoms. The molecule has 1 aliphatic carbocycles. The first-order chi connectivity index (χ1) is 16.2. The number of nitrogens with zero attached hydrogens (tertiary/aromatic N) is 4. The van der Waals surface area contributed by atoms with Crippen LogP contribution in [0.15, 0.2) is 54.6 Å². The van der Waals surface area contributed by atoms with Crippen LogP contribution in [0.4, 0.5) is 0 Å². The number of ether oxygens (including phenoxy) is 2. The smallest absolute Gasteiger partial charge is 0.210 e. The van der Waals surface area contributed by atoms with E-state index in [9.17, 15) is 4.79 Å². The lowest BCUT2D eigenvalue weighted by molar-refractivity contribution is -0.120. The summed E-state index contributed by atoms with van der Waals surface area (Å²) in [6.07, 6.45) is 6.85. The monoisotopic (exact) mass is 448 g/mol. The summed E-state index contributed by atoms with van der Waals surface area (Å²) >= 11 is 0. The molecule has 0 aliphatic heterocycles. The van der Waals surface area contributed by atoms with E-state index in [1.165, 1.54) is 19.3 Å². The second-order valence-electron chi connectivity index (χ2n) is 8.59. The van der Waals surface area contributed by atoms with Crippen LogP contribution in [0.3, 0.4) is 0 Å². The van der Waals surface area contributed by atoms with Crippen LogP contribution < -0.4 is 4.74 Å². The lowest BCUT2D eigenvalue weighted by Gasteiger charge is -2.24. The molecular weight excluding hydrogens is 416 g/mol. The van der Waals surface area contributed by atoms with Crippen molar-refractivity contribution in [3.63, 3.8) is 0 Å². The highest BCUT2D eigenvalue weighted by molar-refractivity contribution is 5.63. The fourth-order valence-corrected chi connectivity index (χ4v) is 4.45.